The highest BCUT2D eigenvalue weighted by Crippen LogP contribution is 2.29. The molecule has 0 spiro atoms. The minimum atomic E-state index is -0.889. The van der Waals surface area contributed by atoms with Crippen molar-refractivity contribution in [2.75, 3.05) is 13.2 Å². The van der Waals surface area contributed by atoms with Crippen LogP contribution in [0.2, 0.25) is 0 Å². The molecule has 4 heteroatoms. The molecular formula is C20H29NO2S. The number of hydrogen-bond donors (Lipinski definition) is 3. The van der Waals surface area contributed by atoms with Gasteiger partial charge < -0.3 is 15.9 Å². The van der Waals surface area contributed by atoms with Crippen molar-refractivity contribution in [3.05, 3.63) is 46.8 Å². The Hall–Kier alpha value is -1.20. The Labute approximate surface area is 149 Å². The second kappa shape index (κ2) is 9.33. The zero-order valence-corrected chi connectivity index (χ0v) is 15.3. The molecule has 0 aliphatic rings. The maximum absolute atomic E-state index is 9.25. The second-order valence-corrected chi connectivity index (χ2v) is 7.77. The lowest BCUT2D eigenvalue weighted by atomic mass is 9.93. The topological polar surface area (TPSA) is 66.5 Å². The molecule has 2 aromatic rings. The summed E-state index contributed by atoms with van der Waals surface area (Å²) in [5.74, 6) is 0. The highest BCUT2D eigenvalue weighted by Gasteiger charge is 2.22. The van der Waals surface area contributed by atoms with Crippen LogP contribution in [0.4, 0.5) is 0 Å². The molecule has 2 rings (SSSR count). The fourth-order valence-electron chi connectivity index (χ4n) is 2.65. The van der Waals surface area contributed by atoms with E-state index < -0.39 is 5.54 Å². The van der Waals surface area contributed by atoms with Gasteiger partial charge in [-0.15, -0.1) is 11.3 Å². The first-order valence-corrected chi connectivity index (χ1v) is 9.60. The number of aryl methyl sites for hydroxylation is 2. The lowest BCUT2D eigenvalue weighted by Crippen LogP contribution is -2.47. The van der Waals surface area contributed by atoms with E-state index >= 15 is 0 Å². The van der Waals surface area contributed by atoms with Gasteiger partial charge in [-0.3, -0.25) is 0 Å². The van der Waals surface area contributed by atoms with Crippen molar-refractivity contribution in [1.29, 1.82) is 0 Å². The SMILES string of the molecule is CCCCCc1ccc(-c2ccc(CCC(N)(CO)CO)cc2)s1. The number of hydrogen-bond acceptors (Lipinski definition) is 4. The summed E-state index contributed by atoms with van der Waals surface area (Å²) >= 11 is 1.88. The summed E-state index contributed by atoms with van der Waals surface area (Å²) in [5.41, 5.74) is 7.45. The third kappa shape index (κ3) is 5.42. The Morgan fingerprint density at radius 1 is 0.958 bits per heavy atom. The maximum atomic E-state index is 9.25. The number of aliphatic hydroxyl groups is 2. The maximum Gasteiger partial charge on any atom is 0.0633 e. The quantitative estimate of drug-likeness (QED) is 0.573. The van der Waals surface area contributed by atoms with Gasteiger partial charge in [-0.2, -0.15) is 0 Å². The molecule has 1 aromatic carbocycles. The zero-order valence-electron chi connectivity index (χ0n) is 14.5. The molecule has 1 aromatic heterocycles. The van der Waals surface area contributed by atoms with Crippen LogP contribution in [0.5, 0.6) is 0 Å². The van der Waals surface area contributed by atoms with Crippen LogP contribution in [-0.4, -0.2) is 29.0 Å². The summed E-state index contributed by atoms with van der Waals surface area (Å²) < 4.78 is 0. The molecule has 0 radical (unpaired) electrons. The van der Waals surface area contributed by atoms with Gasteiger partial charge in [0, 0.05) is 9.75 Å². The molecule has 3 nitrogen and oxygen atoms in total. The zero-order chi connectivity index (χ0) is 17.4. The molecule has 0 atom stereocenters. The third-order valence-corrected chi connectivity index (χ3v) is 5.66. The summed E-state index contributed by atoms with van der Waals surface area (Å²) in [7, 11) is 0. The summed E-state index contributed by atoms with van der Waals surface area (Å²) in [5, 5.41) is 18.5. The van der Waals surface area contributed by atoms with Crippen LogP contribution in [0, 0.1) is 0 Å². The van der Waals surface area contributed by atoms with Gasteiger partial charge in [0.1, 0.15) is 0 Å². The summed E-state index contributed by atoms with van der Waals surface area (Å²) in [6, 6.07) is 13.0. The summed E-state index contributed by atoms with van der Waals surface area (Å²) in [6.07, 6.45) is 6.33. The first kappa shape index (κ1) is 19.1. The van der Waals surface area contributed by atoms with Crippen LogP contribution >= 0.6 is 11.3 Å². The predicted octanol–water partition coefficient (Wildman–Crippen LogP) is 3.76. The average molecular weight is 348 g/mol. The Kier molecular flexibility index (Phi) is 7.43. The van der Waals surface area contributed by atoms with E-state index in [1.165, 1.54) is 46.6 Å². The van der Waals surface area contributed by atoms with E-state index in [1.54, 1.807) is 0 Å². The summed E-state index contributed by atoms with van der Waals surface area (Å²) in [4.78, 5) is 2.77. The first-order valence-electron chi connectivity index (χ1n) is 8.79. The van der Waals surface area contributed by atoms with Gasteiger partial charge in [-0.25, -0.2) is 0 Å². The van der Waals surface area contributed by atoms with Crippen molar-refractivity contribution >= 4 is 11.3 Å². The van der Waals surface area contributed by atoms with E-state index in [0.717, 1.165) is 6.42 Å². The van der Waals surface area contributed by atoms with E-state index in [4.69, 9.17) is 5.73 Å². The van der Waals surface area contributed by atoms with Crippen LogP contribution in [0.25, 0.3) is 10.4 Å². The molecule has 4 N–H and O–H groups in total. The van der Waals surface area contributed by atoms with Gasteiger partial charge in [-0.05, 0) is 48.9 Å². The third-order valence-electron chi connectivity index (χ3n) is 4.47. The van der Waals surface area contributed by atoms with Crippen molar-refractivity contribution in [3.63, 3.8) is 0 Å². The van der Waals surface area contributed by atoms with Gasteiger partial charge in [0.25, 0.3) is 0 Å². The lowest BCUT2D eigenvalue weighted by Gasteiger charge is -2.24. The van der Waals surface area contributed by atoms with Gasteiger partial charge in [-0.1, -0.05) is 44.0 Å². The van der Waals surface area contributed by atoms with E-state index in [9.17, 15) is 10.2 Å². The average Bonchev–Trinajstić information content (AvgIpc) is 3.09. The van der Waals surface area contributed by atoms with Crippen molar-refractivity contribution in [1.82, 2.24) is 0 Å². The molecule has 0 bridgehead atoms. The van der Waals surface area contributed by atoms with E-state index in [-0.39, 0.29) is 13.2 Å². The molecule has 24 heavy (non-hydrogen) atoms. The lowest BCUT2D eigenvalue weighted by molar-refractivity contribution is 0.115. The smallest absolute Gasteiger partial charge is 0.0633 e. The normalized spacial score (nSPS) is 11.8. The highest BCUT2D eigenvalue weighted by atomic mass is 32.1. The minimum absolute atomic E-state index is 0.197. The molecule has 0 aliphatic carbocycles. The highest BCUT2D eigenvalue weighted by molar-refractivity contribution is 7.15. The van der Waals surface area contributed by atoms with Gasteiger partial charge in [0.15, 0.2) is 0 Å². The molecule has 0 fully saturated rings. The van der Waals surface area contributed by atoms with Crippen molar-refractivity contribution in [2.24, 2.45) is 5.73 Å². The number of unbranched alkanes of at least 4 members (excludes halogenated alkanes) is 2. The second-order valence-electron chi connectivity index (χ2n) is 6.60. The molecule has 0 saturated heterocycles. The predicted molar refractivity (Wildman–Crippen MR) is 102 cm³/mol. The fraction of sp³-hybridized carbons (Fsp3) is 0.500. The van der Waals surface area contributed by atoms with Gasteiger partial charge >= 0.3 is 0 Å². The van der Waals surface area contributed by atoms with Crippen LogP contribution in [0.1, 0.15) is 43.0 Å². The van der Waals surface area contributed by atoms with Crippen molar-refractivity contribution in [3.8, 4) is 10.4 Å². The van der Waals surface area contributed by atoms with Crippen molar-refractivity contribution < 1.29 is 10.2 Å². The number of aliphatic hydroxyl groups excluding tert-OH is 2. The first-order chi connectivity index (χ1) is 11.6. The van der Waals surface area contributed by atoms with Gasteiger partial charge in [0.05, 0.1) is 18.8 Å². The van der Waals surface area contributed by atoms with Crippen LogP contribution < -0.4 is 5.73 Å². The van der Waals surface area contributed by atoms with E-state index in [2.05, 4.69) is 43.3 Å². The van der Waals surface area contributed by atoms with E-state index in [0.29, 0.717) is 6.42 Å². The number of benzene rings is 1. The van der Waals surface area contributed by atoms with E-state index in [1.807, 2.05) is 11.3 Å². The molecule has 0 aliphatic heterocycles. The van der Waals surface area contributed by atoms with Crippen molar-refractivity contribution in [2.45, 2.75) is 51.0 Å². The minimum Gasteiger partial charge on any atom is -0.394 e. The Morgan fingerprint density at radius 3 is 2.29 bits per heavy atom. The monoisotopic (exact) mass is 347 g/mol. The Bertz CT molecular complexity index is 602. The molecule has 0 saturated carbocycles. The molecule has 132 valence electrons. The van der Waals surface area contributed by atoms with Crippen LogP contribution in [-0.2, 0) is 12.8 Å². The molecule has 0 amide bonds. The van der Waals surface area contributed by atoms with Gasteiger partial charge in [0.2, 0.25) is 0 Å². The molecular weight excluding hydrogens is 318 g/mol. The van der Waals surface area contributed by atoms with Crippen LogP contribution in [0.15, 0.2) is 36.4 Å². The number of thiophene rings is 1. The Balaban J connectivity index is 1.94. The fourth-order valence-corrected chi connectivity index (χ4v) is 3.71. The number of nitrogens with two attached hydrogens (primary N) is 1. The largest absolute Gasteiger partial charge is 0.394 e. The molecule has 0 unspecified atom stereocenters. The standard InChI is InChI=1S/C20H29NO2S/c1-2-3-4-5-18-10-11-19(24-18)17-8-6-16(7-9-17)12-13-20(21,14-22)15-23/h6-11,22-23H,2-5,12-15,21H2,1H3. The molecule has 1 heterocycles. The Morgan fingerprint density at radius 2 is 1.67 bits per heavy atom. The number of rotatable bonds is 10. The summed E-state index contributed by atoms with van der Waals surface area (Å²) in [6.45, 7) is 1.84. The van der Waals surface area contributed by atoms with Crippen LogP contribution in [0.3, 0.4) is 0 Å².